The second-order valence-electron chi connectivity index (χ2n) is 4.33. The van der Waals surface area contributed by atoms with Crippen molar-refractivity contribution in [3.05, 3.63) is 29.3 Å². The molecule has 0 spiro atoms. The quantitative estimate of drug-likeness (QED) is 0.531. The molecule has 1 aromatic carbocycles. The van der Waals surface area contributed by atoms with Crippen LogP contribution >= 0.6 is 12.2 Å². The summed E-state index contributed by atoms with van der Waals surface area (Å²) >= 11 is 4.61. The van der Waals surface area contributed by atoms with E-state index < -0.39 is 0 Å². The molecule has 1 rings (SSSR count). The lowest BCUT2D eigenvalue weighted by Crippen LogP contribution is -1.97. The minimum Gasteiger partial charge on any atom is -0.195 e. The maximum absolute atomic E-state index is 4.61. The molecule has 0 radical (unpaired) electrons. The van der Waals surface area contributed by atoms with E-state index in [1.807, 2.05) is 6.07 Å². The molecule has 0 unspecified atom stereocenters. The topological polar surface area (TPSA) is 12.4 Å². The first-order chi connectivity index (χ1) is 7.06. The Bertz CT molecular complexity index is 388. The minimum atomic E-state index is 0.516. The summed E-state index contributed by atoms with van der Waals surface area (Å²) in [4.78, 5) is 4.01. The van der Waals surface area contributed by atoms with Crippen molar-refractivity contribution in [2.75, 3.05) is 0 Å². The van der Waals surface area contributed by atoms with E-state index in [0.29, 0.717) is 11.8 Å². The zero-order valence-electron chi connectivity index (χ0n) is 9.74. The van der Waals surface area contributed by atoms with Crippen LogP contribution in [0.3, 0.4) is 0 Å². The molecule has 0 amide bonds. The van der Waals surface area contributed by atoms with Crippen LogP contribution in [0.15, 0.2) is 23.2 Å². The van der Waals surface area contributed by atoms with Crippen LogP contribution in [0.4, 0.5) is 5.69 Å². The van der Waals surface area contributed by atoms with Gasteiger partial charge in [-0.3, -0.25) is 0 Å². The zero-order valence-corrected chi connectivity index (χ0v) is 10.6. The molecule has 80 valence electrons. The third kappa shape index (κ3) is 2.98. The molecule has 0 saturated carbocycles. The molecule has 2 heteroatoms. The Labute approximate surface area is 97.2 Å². The van der Waals surface area contributed by atoms with Crippen molar-refractivity contribution in [1.29, 1.82) is 0 Å². The number of nitrogens with zero attached hydrogens (tertiary/aromatic N) is 1. The van der Waals surface area contributed by atoms with E-state index in [2.05, 4.69) is 62.2 Å². The highest BCUT2D eigenvalue weighted by atomic mass is 32.1. The summed E-state index contributed by atoms with van der Waals surface area (Å²) in [5.41, 5.74) is 3.66. The normalized spacial score (nSPS) is 10.5. The van der Waals surface area contributed by atoms with Crippen molar-refractivity contribution in [2.45, 2.75) is 39.5 Å². The first kappa shape index (κ1) is 12.1. The van der Waals surface area contributed by atoms with Gasteiger partial charge in [-0.15, -0.1) is 0 Å². The van der Waals surface area contributed by atoms with Crippen molar-refractivity contribution >= 4 is 23.1 Å². The first-order valence-corrected chi connectivity index (χ1v) is 5.68. The second kappa shape index (κ2) is 5.20. The molecule has 0 fully saturated rings. The van der Waals surface area contributed by atoms with Crippen LogP contribution in [0.1, 0.15) is 50.7 Å². The highest BCUT2D eigenvalue weighted by Crippen LogP contribution is 2.29. The zero-order chi connectivity index (χ0) is 11.4. The summed E-state index contributed by atoms with van der Waals surface area (Å²) < 4.78 is 0. The van der Waals surface area contributed by atoms with Crippen molar-refractivity contribution in [3.63, 3.8) is 0 Å². The van der Waals surface area contributed by atoms with Gasteiger partial charge in [0.15, 0.2) is 0 Å². The number of thiocarbonyl (C=S) groups is 1. The average molecular weight is 219 g/mol. The van der Waals surface area contributed by atoms with Gasteiger partial charge in [0.05, 0.1) is 10.8 Å². The van der Waals surface area contributed by atoms with E-state index in [9.17, 15) is 0 Å². The van der Waals surface area contributed by atoms with Crippen LogP contribution in [0.25, 0.3) is 0 Å². The predicted molar refractivity (Wildman–Crippen MR) is 69.3 cm³/mol. The number of benzene rings is 1. The van der Waals surface area contributed by atoms with Gasteiger partial charge in [0, 0.05) is 0 Å². The Balaban J connectivity index is 3.26. The van der Waals surface area contributed by atoms with E-state index in [1.165, 1.54) is 11.1 Å². The Kier molecular flexibility index (Phi) is 4.19. The third-order valence-corrected chi connectivity index (χ3v) is 2.58. The van der Waals surface area contributed by atoms with Crippen molar-refractivity contribution in [2.24, 2.45) is 4.99 Å². The lowest BCUT2D eigenvalue weighted by atomic mass is 9.90. The summed E-state index contributed by atoms with van der Waals surface area (Å²) in [6, 6.07) is 6.26. The number of hydrogen-bond donors (Lipinski definition) is 0. The van der Waals surface area contributed by atoms with Gasteiger partial charge in [0.2, 0.25) is 0 Å². The summed E-state index contributed by atoms with van der Waals surface area (Å²) in [5, 5.41) is 2.41. The molecule has 0 N–H and O–H groups in total. The highest BCUT2D eigenvalue weighted by molar-refractivity contribution is 7.78. The Morgan fingerprint density at radius 1 is 1.07 bits per heavy atom. The van der Waals surface area contributed by atoms with Gasteiger partial charge >= 0.3 is 0 Å². The first-order valence-electron chi connectivity index (χ1n) is 5.28. The Morgan fingerprint density at radius 3 is 2.13 bits per heavy atom. The Hall–Kier alpha value is -0.980. The summed E-state index contributed by atoms with van der Waals surface area (Å²) in [6.45, 7) is 8.82. The SMILES string of the molecule is CC(C)c1ccc(N=C=S)cc1C(C)C. The molecule has 1 nitrogen and oxygen atoms in total. The molecule has 0 heterocycles. The van der Waals surface area contributed by atoms with Crippen molar-refractivity contribution in [1.82, 2.24) is 0 Å². The standard InChI is InChI=1S/C13H17NS/c1-9(2)12-6-5-11(14-8-15)7-13(12)10(3)4/h5-7,9-10H,1-4H3. The highest BCUT2D eigenvalue weighted by Gasteiger charge is 2.10. The minimum absolute atomic E-state index is 0.516. The fourth-order valence-electron chi connectivity index (χ4n) is 1.71. The molecule has 0 aliphatic carbocycles. The van der Waals surface area contributed by atoms with Gasteiger partial charge in [-0.05, 0) is 47.3 Å². The lowest BCUT2D eigenvalue weighted by molar-refractivity contribution is 0.790. The monoisotopic (exact) mass is 219 g/mol. The largest absolute Gasteiger partial charge is 0.195 e. The molecule has 0 bridgehead atoms. The summed E-state index contributed by atoms with van der Waals surface area (Å²) in [5.74, 6) is 1.07. The molecule has 0 aromatic heterocycles. The number of aliphatic imine (C=N–C) groups is 1. The van der Waals surface area contributed by atoms with Gasteiger partial charge in [-0.1, -0.05) is 33.8 Å². The van der Waals surface area contributed by atoms with Crippen LogP contribution in [0, 0.1) is 0 Å². The summed E-state index contributed by atoms with van der Waals surface area (Å²) in [7, 11) is 0. The second-order valence-corrected chi connectivity index (χ2v) is 4.51. The van der Waals surface area contributed by atoms with Crippen molar-refractivity contribution in [3.8, 4) is 0 Å². The van der Waals surface area contributed by atoms with Gasteiger partial charge < -0.3 is 0 Å². The third-order valence-electron chi connectivity index (χ3n) is 2.49. The van der Waals surface area contributed by atoms with Crippen LogP contribution in [0.2, 0.25) is 0 Å². The molecule has 15 heavy (non-hydrogen) atoms. The maximum atomic E-state index is 4.61. The molecule has 0 atom stereocenters. The van der Waals surface area contributed by atoms with E-state index in [4.69, 9.17) is 0 Å². The fourth-order valence-corrected chi connectivity index (χ4v) is 1.82. The molecular weight excluding hydrogens is 202 g/mol. The number of isothiocyanates is 1. The van der Waals surface area contributed by atoms with Crippen LogP contribution in [0.5, 0.6) is 0 Å². The van der Waals surface area contributed by atoms with E-state index in [0.717, 1.165) is 5.69 Å². The number of hydrogen-bond acceptors (Lipinski definition) is 2. The summed E-state index contributed by atoms with van der Waals surface area (Å²) in [6.07, 6.45) is 0. The lowest BCUT2D eigenvalue weighted by Gasteiger charge is -2.15. The maximum Gasteiger partial charge on any atom is 0.0742 e. The number of rotatable bonds is 3. The smallest absolute Gasteiger partial charge is 0.0742 e. The average Bonchev–Trinajstić information content (AvgIpc) is 2.17. The molecule has 0 aliphatic rings. The molecular formula is C13H17NS. The fraction of sp³-hybridized carbons (Fsp3) is 0.462. The van der Waals surface area contributed by atoms with E-state index in [1.54, 1.807) is 0 Å². The van der Waals surface area contributed by atoms with Crippen molar-refractivity contribution < 1.29 is 0 Å². The van der Waals surface area contributed by atoms with Crippen LogP contribution < -0.4 is 0 Å². The van der Waals surface area contributed by atoms with Crippen LogP contribution in [-0.2, 0) is 0 Å². The predicted octanol–water partition coefficient (Wildman–Crippen LogP) is 4.67. The van der Waals surface area contributed by atoms with E-state index in [-0.39, 0.29) is 0 Å². The van der Waals surface area contributed by atoms with Crippen LogP contribution in [-0.4, -0.2) is 5.16 Å². The molecule has 0 saturated heterocycles. The van der Waals surface area contributed by atoms with Gasteiger partial charge in [0.25, 0.3) is 0 Å². The van der Waals surface area contributed by atoms with E-state index >= 15 is 0 Å². The van der Waals surface area contributed by atoms with Gasteiger partial charge in [-0.2, -0.15) is 4.99 Å². The van der Waals surface area contributed by atoms with Gasteiger partial charge in [-0.25, -0.2) is 0 Å². The Morgan fingerprint density at radius 2 is 1.67 bits per heavy atom. The molecule has 0 aliphatic heterocycles. The van der Waals surface area contributed by atoms with Gasteiger partial charge in [0.1, 0.15) is 0 Å². The molecule has 1 aromatic rings.